The van der Waals surface area contributed by atoms with E-state index in [1.165, 1.54) is 11.3 Å². The molecule has 1 saturated heterocycles. The number of hydrogen-bond acceptors (Lipinski definition) is 4. The number of hydrogen-bond donors (Lipinski definition) is 0. The highest BCUT2D eigenvalue weighted by molar-refractivity contribution is 6.30. The lowest BCUT2D eigenvalue weighted by molar-refractivity contribution is 0.642. The van der Waals surface area contributed by atoms with Crippen LogP contribution in [0.1, 0.15) is 11.3 Å². The first-order valence-electron chi connectivity index (χ1n) is 7.20. The van der Waals surface area contributed by atoms with Crippen LogP contribution >= 0.6 is 11.6 Å². The van der Waals surface area contributed by atoms with Crippen LogP contribution in [-0.2, 0) is 0 Å². The molecule has 21 heavy (non-hydrogen) atoms. The summed E-state index contributed by atoms with van der Waals surface area (Å²) < 4.78 is 0. The molecule has 4 nitrogen and oxygen atoms in total. The molecule has 0 saturated carbocycles. The fourth-order valence-electron chi connectivity index (χ4n) is 2.66. The molecular formula is C16H19ClN4. The zero-order valence-electron chi connectivity index (χ0n) is 12.4. The zero-order chi connectivity index (χ0) is 14.8. The van der Waals surface area contributed by atoms with Crippen LogP contribution < -0.4 is 9.80 Å². The first-order valence-corrected chi connectivity index (χ1v) is 7.58. The van der Waals surface area contributed by atoms with E-state index in [4.69, 9.17) is 11.6 Å². The van der Waals surface area contributed by atoms with Gasteiger partial charge in [-0.05, 0) is 43.7 Å². The van der Waals surface area contributed by atoms with E-state index in [9.17, 15) is 0 Å². The molecule has 2 aromatic rings. The van der Waals surface area contributed by atoms with Gasteiger partial charge in [0.15, 0.2) is 5.82 Å². The molecule has 1 aliphatic rings. The Morgan fingerprint density at radius 2 is 1.62 bits per heavy atom. The number of anilines is 2. The maximum absolute atomic E-state index is 6.12. The fraction of sp³-hybridized carbons (Fsp3) is 0.375. The normalized spacial score (nSPS) is 15.4. The summed E-state index contributed by atoms with van der Waals surface area (Å²) >= 11 is 6.12. The third-order valence-electron chi connectivity index (χ3n) is 3.90. The van der Waals surface area contributed by atoms with Crippen LogP contribution in [0.15, 0.2) is 30.3 Å². The van der Waals surface area contributed by atoms with E-state index in [0.29, 0.717) is 0 Å². The summed E-state index contributed by atoms with van der Waals surface area (Å²) in [6.07, 6.45) is 0. The van der Waals surface area contributed by atoms with Crippen LogP contribution in [0.3, 0.4) is 0 Å². The van der Waals surface area contributed by atoms with Crippen LogP contribution in [-0.4, -0.2) is 36.4 Å². The lowest BCUT2D eigenvalue weighted by atomic mass is 10.1. The summed E-state index contributed by atoms with van der Waals surface area (Å²) in [7, 11) is 0. The topological polar surface area (TPSA) is 32.3 Å². The monoisotopic (exact) mass is 302 g/mol. The second kappa shape index (κ2) is 5.90. The van der Waals surface area contributed by atoms with E-state index in [-0.39, 0.29) is 0 Å². The Labute approximate surface area is 130 Å². The lowest BCUT2D eigenvalue weighted by Crippen LogP contribution is -2.47. The van der Waals surface area contributed by atoms with Crippen LogP contribution in [0.25, 0.3) is 0 Å². The van der Waals surface area contributed by atoms with E-state index in [1.807, 2.05) is 25.1 Å². The van der Waals surface area contributed by atoms with Crippen LogP contribution in [0.5, 0.6) is 0 Å². The van der Waals surface area contributed by atoms with Gasteiger partial charge in [0.1, 0.15) is 0 Å². The molecule has 1 aromatic carbocycles. The number of halogens is 1. The molecule has 2 heterocycles. The van der Waals surface area contributed by atoms with E-state index in [2.05, 4.69) is 39.1 Å². The van der Waals surface area contributed by atoms with E-state index in [0.717, 1.165) is 42.7 Å². The molecule has 0 spiro atoms. The van der Waals surface area contributed by atoms with Crippen molar-refractivity contribution in [1.29, 1.82) is 0 Å². The zero-order valence-corrected chi connectivity index (χ0v) is 13.1. The third kappa shape index (κ3) is 3.10. The molecule has 5 heteroatoms. The number of benzene rings is 1. The van der Waals surface area contributed by atoms with Gasteiger partial charge in [0, 0.05) is 36.9 Å². The van der Waals surface area contributed by atoms with Crippen molar-refractivity contribution in [3.05, 3.63) is 46.6 Å². The van der Waals surface area contributed by atoms with Gasteiger partial charge in [0.25, 0.3) is 0 Å². The Morgan fingerprint density at radius 3 is 2.29 bits per heavy atom. The predicted octanol–water partition coefficient (Wildman–Crippen LogP) is 3.07. The van der Waals surface area contributed by atoms with Gasteiger partial charge in [-0.25, -0.2) is 0 Å². The first-order chi connectivity index (χ1) is 10.1. The van der Waals surface area contributed by atoms with Gasteiger partial charge in [-0.15, -0.1) is 5.10 Å². The highest BCUT2D eigenvalue weighted by atomic mass is 35.5. The number of aryl methyl sites for hydroxylation is 2. The van der Waals surface area contributed by atoms with Crippen LogP contribution in [0.4, 0.5) is 11.5 Å². The Bertz CT molecular complexity index is 619. The summed E-state index contributed by atoms with van der Waals surface area (Å²) in [5.41, 5.74) is 3.45. The van der Waals surface area contributed by atoms with Gasteiger partial charge in [-0.3, -0.25) is 0 Å². The molecule has 110 valence electrons. The minimum absolute atomic E-state index is 0.794. The van der Waals surface area contributed by atoms with Crippen molar-refractivity contribution in [3.63, 3.8) is 0 Å². The van der Waals surface area contributed by atoms with Gasteiger partial charge >= 0.3 is 0 Å². The second-order valence-electron chi connectivity index (χ2n) is 5.44. The predicted molar refractivity (Wildman–Crippen MR) is 87.4 cm³/mol. The average molecular weight is 303 g/mol. The first kappa shape index (κ1) is 14.1. The largest absolute Gasteiger partial charge is 0.368 e. The number of rotatable bonds is 2. The second-order valence-corrected chi connectivity index (χ2v) is 5.87. The average Bonchev–Trinajstić information content (AvgIpc) is 2.51. The SMILES string of the molecule is Cc1ccc(N2CCN(c3cc(Cl)ccc3C)CC2)nn1. The number of aromatic nitrogens is 2. The van der Waals surface area contributed by atoms with Crippen molar-refractivity contribution in [2.45, 2.75) is 13.8 Å². The molecular weight excluding hydrogens is 284 g/mol. The number of nitrogens with zero attached hydrogens (tertiary/aromatic N) is 4. The minimum Gasteiger partial charge on any atom is -0.368 e. The Morgan fingerprint density at radius 1 is 0.905 bits per heavy atom. The maximum atomic E-state index is 6.12. The van der Waals surface area contributed by atoms with Crippen LogP contribution in [0, 0.1) is 13.8 Å². The van der Waals surface area contributed by atoms with E-state index >= 15 is 0 Å². The number of piperazine rings is 1. The summed E-state index contributed by atoms with van der Waals surface area (Å²) in [5, 5.41) is 9.20. The Balaban J connectivity index is 1.70. The quantitative estimate of drug-likeness (QED) is 0.853. The van der Waals surface area contributed by atoms with Gasteiger partial charge in [-0.2, -0.15) is 5.10 Å². The van der Waals surface area contributed by atoms with Gasteiger partial charge < -0.3 is 9.80 Å². The standard InChI is InChI=1S/C16H19ClN4/c1-12-3-5-14(17)11-15(12)20-7-9-21(10-8-20)16-6-4-13(2)18-19-16/h3-6,11H,7-10H2,1-2H3. The molecule has 0 unspecified atom stereocenters. The molecule has 0 aliphatic carbocycles. The van der Waals surface area contributed by atoms with Crippen molar-refractivity contribution in [1.82, 2.24) is 10.2 Å². The van der Waals surface area contributed by atoms with Gasteiger partial charge in [-0.1, -0.05) is 17.7 Å². The van der Waals surface area contributed by atoms with Gasteiger partial charge in [0.2, 0.25) is 0 Å². The summed E-state index contributed by atoms with van der Waals surface area (Å²) in [5.74, 6) is 0.961. The van der Waals surface area contributed by atoms with Crippen molar-refractivity contribution in [2.24, 2.45) is 0 Å². The summed E-state index contributed by atoms with van der Waals surface area (Å²) in [6, 6.07) is 10.1. The fourth-order valence-corrected chi connectivity index (χ4v) is 2.83. The van der Waals surface area contributed by atoms with Crippen molar-refractivity contribution in [3.8, 4) is 0 Å². The lowest BCUT2D eigenvalue weighted by Gasteiger charge is -2.37. The smallest absolute Gasteiger partial charge is 0.151 e. The van der Waals surface area contributed by atoms with Crippen molar-refractivity contribution in [2.75, 3.05) is 36.0 Å². The Kier molecular flexibility index (Phi) is 3.97. The third-order valence-corrected chi connectivity index (χ3v) is 4.13. The van der Waals surface area contributed by atoms with E-state index < -0.39 is 0 Å². The Hall–Kier alpha value is -1.81. The minimum atomic E-state index is 0.794. The molecule has 0 atom stereocenters. The molecule has 1 fully saturated rings. The summed E-state index contributed by atoms with van der Waals surface area (Å²) in [4.78, 5) is 4.67. The van der Waals surface area contributed by atoms with E-state index in [1.54, 1.807) is 0 Å². The van der Waals surface area contributed by atoms with Crippen molar-refractivity contribution >= 4 is 23.1 Å². The highest BCUT2D eigenvalue weighted by Crippen LogP contribution is 2.26. The molecule has 0 amide bonds. The molecule has 0 bridgehead atoms. The molecule has 0 radical (unpaired) electrons. The van der Waals surface area contributed by atoms with Crippen molar-refractivity contribution < 1.29 is 0 Å². The summed E-state index contributed by atoms with van der Waals surface area (Å²) in [6.45, 7) is 7.92. The highest BCUT2D eigenvalue weighted by Gasteiger charge is 2.19. The maximum Gasteiger partial charge on any atom is 0.151 e. The molecule has 0 N–H and O–H groups in total. The molecule has 3 rings (SSSR count). The molecule has 1 aliphatic heterocycles. The van der Waals surface area contributed by atoms with Gasteiger partial charge in [0.05, 0.1) is 5.69 Å². The van der Waals surface area contributed by atoms with Crippen LogP contribution in [0.2, 0.25) is 5.02 Å². The molecule has 1 aromatic heterocycles.